The molecule has 0 heterocycles. The molecule has 0 spiro atoms. The molecule has 0 aromatic carbocycles. The van der Waals surface area contributed by atoms with Gasteiger partial charge in [0.1, 0.15) is 0 Å². The predicted molar refractivity (Wildman–Crippen MR) is 105 cm³/mol. The quantitative estimate of drug-likeness (QED) is 0.301. The molecule has 1 nitrogen and oxygen atoms in total. The van der Waals surface area contributed by atoms with Crippen LogP contribution in [0.1, 0.15) is 104 Å². The molecule has 0 atom stereocenters. The summed E-state index contributed by atoms with van der Waals surface area (Å²) in [4.78, 5) is 0. The van der Waals surface area contributed by atoms with Crippen molar-refractivity contribution in [2.75, 3.05) is 6.61 Å². The zero-order valence-electron chi connectivity index (χ0n) is 16.5. The molecule has 2 aliphatic rings. The second-order valence-electron chi connectivity index (χ2n) is 8.44. The van der Waals surface area contributed by atoms with Crippen LogP contribution in [0.15, 0.2) is 12.2 Å². The SMILES string of the molecule is CCCC=C[C@H]1CC[C@H](CC[C@H]2CC[C@H](OCCCC)CC2)CC1. The Balaban J connectivity index is 1.52. The Kier molecular flexibility index (Phi) is 10.1. The zero-order valence-corrected chi connectivity index (χ0v) is 16.5. The van der Waals surface area contributed by atoms with Gasteiger partial charge in [0.2, 0.25) is 0 Å². The van der Waals surface area contributed by atoms with Crippen molar-refractivity contribution in [3.8, 4) is 0 Å². The fourth-order valence-electron chi connectivity index (χ4n) is 4.58. The molecule has 2 fully saturated rings. The lowest BCUT2D eigenvalue weighted by molar-refractivity contribution is 0.0151. The number of allylic oxidation sites excluding steroid dienone is 2. The van der Waals surface area contributed by atoms with Gasteiger partial charge in [-0.05, 0) is 82.0 Å². The second-order valence-corrected chi connectivity index (χ2v) is 8.44. The van der Waals surface area contributed by atoms with Crippen LogP contribution in [0.25, 0.3) is 0 Å². The van der Waals surface area contributed by atoms with Crippen molar-refractivity contribution in [1.29, 1.82) is 0 Å². The van der Waals surface area contributed by atoms with Gasteiger partial charge in [-0.3, -0.25) is 0 Å². The Bertz CT molecular complexity index is 319. The molecule has 2 rings (SSSR count). The molecular formula is C23H42O. The van der Waals surface area contributed by atoms with Gasteiger partial charge >= 0.3 is 0 Å². The first-order chi connectivity index (χ1) is 11.8. The van der Waals surface area contributed by atoms with Gasteiger partial charge in [0, 0.05) is 6.61 Å². The third-order valence-electron chi connectivity index (χ3n) is 6.38. The fraction of sp³-hybridized carbons (Fsp3) is 0.913. The summed E-state index contributed by atoms with van der Waals surface area (Å²) in [7, 11) is 0. The molecule has 0 amide bonds. The summed E-state index contributed by atoms with van der Waals surface area (Å²) in [6.07, 6.45) is 24.9. The van der Waals surface area contributed by atoms with E-state index in [0.717, 1.165) is 24.4 Å². The highest BCUT2D eigenvalue weighted by Gasteiger charge is 2.24. The van der Waals surface area contributed by atoms with Gasteiger partial charge in [0.05, 0.1) is 6.10 Å². The Labute approximate surface area is 151 Å². The lowest BCUT2D eigenvalue weighted by Gasteiger charge is -2.31. The molecule has 1 heteroatoms. The van der Waals surface area contributed by atoms with Crippen molar-refractivity contribution in [1.82, 2.24) is 0 Å². The first kappa shape index (κ1) is 20.0. The van der Waals surface area contributed by atoms with Gasteiger partial charge in [-0.25, -0.2) is 0 Å². The maximum Gasteiger partial charge on any atom is 0.0575 e. The van der Waals surface area contributed by atoms with Crippen molar-refractivity contribution >= 4 is 0 Å². The van der Waals surface area contributed by atoms with Gasteiger partial charge in [0.15, 0.2) is 0 Å². The summed E-state index contributed by atoms with van der Waals surface area (Å²) in [6.45, 7) is 5.50. The van der Waals surface area contributed by atoms with Gasteiger partial charge in [-0.2, -0.15) is 0 Å². The number of ether oxygens (including phenoxy) is 1. The number of unbranched alkanes of at least 4 members (excludes halogenated alkanes) is 2. The monoisotopic (exact) mass is 334 g/mol. The highest BCUT2D eigenvalue weighted by atomic mass is 16.5. The van der Waals surface area contributed by atoms with E-state index in [9.17, 15) is 0 Å². The molecule has 0 radical (unpaired) electrons. The summed E-state index contributed by atoms with van der Waals surface area (Å²) < 4.78 is 6.01. The molecule has 0 aromatic rings. The second kappa shape index (κ2) is 12.1. The molecular weight excluding hydrogens is 292 g/mol. The van der Waals surface area contributed by atoms with E-state index in [1.54, 1.807) is 0 Å². The summed E-state index contributed by atoms with van der Waals surface area (Å²) >= 11 is 0. The van der Waals surface area contributed by atoms with E-state index in [4.69, 9.17) is 4.74 Å². The van der Waals surface area contributed by atoms with E-state index >= 15 is 0 Å². The first-order valence-electron chi connectivity index (χ1n) is 11.1. The lowest BCUT2D eigenvalue weighted by Crippen LogP contribution is -2.23. The number of hydrogen-bond acceptors (Lipinski definition) is 1. The van der Waals surface area contributed by atoms with E-state index in [0.29, 0.717) is 6.10 Å². The lowest BCUT2D eigenvalue weighted by atomic mass is 9.77. The van der Waals surface area contributed by atoms with Crippen LogP contribution in [-0.4, -0.2) is 12.7 Å². The normalized spacial score (nSPS) is 31.6. The van der Waals surface area contributed by atoms with Crippen molar-refractivity contribution in [3.63, 3.8) is 0 Å². The minimum Gasteiger partial charge on any atom is -0.378 e. The van der Waals surface area contributed by atoms with Crippen molar-refractivity contribution in [3.05, 3.63) is 12.2 Å². The van der Waals surface area contributed by atoms with Gasteiger partial charge < -0.3 is 4.74 Å². The van der Waals surface area contributed by atoms with Gasteiger partial charge in [0.25, 0.3) is 0 Å². The highest BCUT2D eigenvalue weighted by molar-refractivity contribution is 4.91. The van der Waals surface area contributed by atoms with Crippen molar-refractivity contribution < 1.29 is 4.74 Å². The van der Waals surface area contributed by atoms with E-state index in [1.165, 1.54) is 89.9 Å². The van der Waals surface area contributed by atoms with Crippen LogP contribution >= 0.6 is 0 Å². The van der Waals surface area contributed by atoms with Crippen LogP contribution < -0.4 is 0 Å². The van der Waals surface area contributed by atoms with Crippen LogP contribution in [0.4, 0.5) is 0 Å². The summed E-state index contributed by atoms with van der Waals surface area (Å²) in [6, 6.07) is 0. The maximum atomic E-state index is 6.01. The number of hydrogen-bond donors (Lipinski definition) is 0. The maximum absolute atomic E-state index is 6.01. The molecule has 2 saturated carbocycles. The topological polar surface area (TPSA) is 9.23 Å². The van der Waals surface area contributed by atoms with Crippen LogP contribution in [0.3, 0.4) is 0 Å². The average molecular weight is 335 g/mol. The molecule has 2 aliphatic carbocycles. The summed E-state index contributed by atoms with van der Waals surface area (Å²) in [5.41, 5.74) is 0. The highest BCUT2D eigenvalue weighted by Crippen LogP contribution is 2.36. The molecule has 24 heavy (non-hydrogen) atoms. The van der Waals surface area contributed by atoms with Crippen LogP contribution in [0.5, 0.6) is 0 Å². The Morgan fingerprint density at radius 2 is 1.42 bits per heavy atom. The molecule has 0 saturated heterocycles. The predicted octanol–water partition coefficient (Wildman–Crippen LogP) is 7.30. The summed E-state index contributed by atoms with van der Waals surface area (Å²) in [5, 5.41) is 0. The van der Waals surface area contributed by atoms with Crippen LogP contribution in [0.2, 0.25) is 0 Å². The van der Waals surface area contributed by atoms with Gasteiger partial charge in [-0.1, -0.05) is 51.7 Å². The average Bonchev–Trinajstić information content (AvgIpc) is 2.63. The van der Waals surface area contributed by atoms with Gasteiger partial charge in [-0.15, -0.1) is 0 Å². The molecule has 0 N–H and O–H groups in total. The van der Waals surface area contributed by atoms with E-state index in [-0.39, 0.29) is 0 Å². The Morgan fingerprint density at radius 1 is 0.792 bits per heavy atom. The standard InChI is InChI=1S/C23H42O/c1-3-5-7-8-20-9-11-21(12-10-20)13-14-22-15-17-23(18-16-22)24-19-6-4-2/h7-8,20-23H,3-6,9-19H2,1-2H3/t20-,21-,22-,23-. The molecule has 0 aromatic heterocycles. The first-order valence-corrected chi connectivity index (χ1v) is 11.1. The van der Waals surface area contributed by atoms with Crippen molar-refractivity contribution in [2.24, 2.45) is 17.8 Å². The summed E-state index contributed by atoms with van der Waals surface area (Å²) in [5.74, 6) is 2.92. The molecule has 0 unspecified atom stereocenters. The molecule has 140 valence electrons. The van der Waals surface area contributed by atoms with E-state index in [2.05, 4.69) is 26.0 Å². The largest absolute Gasteiger partial charge is 0.378 e. The smallest absolute Gasteiger partial charge is 0.0575 e. The molecule has 0 bridgehead atoms. The third kappa shape index (κ3) is 7.72. The molecule has 0 aliphatic heterocycles. The van der Waals surface area contributed by atoms with Crippen molar-refractivity contribution in [2.45, 2.75) is 110 Å². The zero-order chi connectivity index (χ0) is 17.0. The van der Waals surface area contributed by atoms with Crippen LogP contribution in [-0.2, 0) is 4.74 Å². The Hall–Kier alpha value is -0.300. The van der Waals surface area contributed by atoms with Crippen LogP contribution in [0, 0.1) is 17.8 Å². The Morgan fingerprint density at radius 3 is 2.00 bits per heavy atom. The fourth-order valence-corrected chi connectivity index (χ4v) is 4.58. The number of rotatable bonds is 10. The minimum atomic E-state index is 0.582. The van der Waals surface area contributed by atoms with E-state index in [1.807, 2.05) is 0 Å². The minimum absolute atomic E-state index is 0.582. The third-order valence-corrected chi connectivity index (χ3v) is 6.38. The van der Waals surface area contributed by atoms with E-state index < -0.39 is 0 Å².